The molecular formula is C11H10ClNO3. The number of esters is 1. The van der Waals surface area contributed by atoms with E-state index in [0.717, 1.165) is 0 Å². The Kier molecular flexibility index (Phi) is 4.15. The summed E-state index contributed by atoms with van der Waals surface area (Å²) in [6.45, 7) is 1.90. The van der Waals surface area contributed by atoms with Crippen LogP contribution in [0.5, 0.6) is 5.75 Å². The molecule has 0 fully saturated rings. The number of halogens is 1. The van der Waals surface area contributed by atoms with Gasteiger partial charge in [-0.3, -0.25) is 0 Å². The molecule has 0 aliphatic carbocycles. The highest BCUT2D eigenvalue weighted by Gasteiger charge is 2.20. The van der Waals surface area contributed by atoms with E-state index in [1.165, 1.54) is 19.2 Å². The monoisotopic (exact) mass is 239 g/mol. The lowest BCUT2D eigenvalue weighted by Gasteiger charge is -2.09. The van der Waals surface area contributed by atoms with E-state index in [2.05, 4.69) is 0 Å². The van der Waals surface area contributed by atoms with E-state index < -0.39 is 5.97 Å². The van der Waals surface area contributed by atoms with Crippen molar-refractivity contribution >= 4 is 17.6 Å². The molecular weight excluding hydrogens is 230 g/mol. The summed E-state index contributed by atoms with van der Waals surface area (Å²) < 4.78 is 9.79. The third kappa shape index (κ3) is 2.26. The Balaban J connectivity index is 3.35. The van der Waals surface area contributed by atoms with Gasteiger partial charge < -0.3 is 9.47 Å². The van der Waals surface area contributed by atoms with Gasteiger partial charge in [0.2, 0.25) is 0 Å². The molecule has 0 heterocycles. The molecule has 0 N–H and O–H groups in total. The van der Waals surface area contributed by atoms with Gasteiger partial charge in [0.25, 0.3) is 0 Å². The molecule has 0 saturated heterocycles. The van der Waals surface area contributed by atoms with Gasteiger partial charge in [-0.25, -0.2) is 4.79 Å². The molecule has 0 atom stereocenters. The quantitative estimate of drug-likeness (QED) is 0.760. The Morgan fingerprint density at radius 1 is 1.56 bits per heavy atom. The minimum atomic E-state index is -0.622. The van der Waals surface area contributed by atoms with Gasteiger partial charge in [-0.1, -0.05) is 11.6 Å². The van der Waals surface area contributed by atoms with E-state index in [4.69, 9.17) is 26.3 Å². The Labute approximate surface area is 98.3 Å². The molecule has 0 aliphatic heterocycles. The van der Waals surface area contributed by atoms with Crippen molar-refractivity contribution in [2.45, 2.75) is 6.92 Å². The second kappa shape index (κ2) is 5.38. The molecule has 84 valence electrons. The van der Waals surface area contributed by atoms with Gasteiger partial charge in [0.15, 0.2) is 0 Å². The largest absolute Gasteiger partial charge is 0.495 e. The first-order valence-corrected chi connectivity index (χ1v) is 4.97. The number of carbonyl (C=O) groups is 1. The van der Waals surface area contributed by atoms with E-state index in [1.807, 2.05) is 6.07 Å². The smallest absolute Gasteiger partial charge is 0.341 e. The topological polar surface area (TPSA) is 59.3 Å². The van der Waals surface area contributed by atoms with Crippen LogP contribution in [0.2, 0.25) is 5.02 Å². The number of benzene rings is 1. The zero-order valence-electron chi connectivity index (χ0n) is 8.91. The number of methoxy groups -OCH3 is 1. The van der Waals surface area contributed by atoms with Crippen molar-refractivity contribution in [2.75, 3.05) is 13.7 Å². The normalized spacial score (nSPS) is 9.38. The van der Waals surface area contributed by atoms with Gasteiger partial charge in [-0.15, -0.1) is 0 Å². The van der Waals surface area contributed by atoms with Gasteiger partial charge in [-0.05, 0) is 19.1 Å². The lowest BCUT2D eigenvalue weighted by atomic mass is 10.1. The summed E-state index contributed by atoms with van der Waals surface area (Å²) in [4.78, 5) is 11.6. The molecule has 0 aliphatic rings. The maximum atomic E-state index is 11.6. The Morgan fingerprint density at radius 2 is 2.25 bits per heavy atom. The van der Waals surface area contributed by atoms with Gasteiger partial charge in [0, 0.05) is 0 Å². The van der Waals surface area contributed by atoms with Crippen LogP contribution in [0, 0.1) is 11.3 Å². The summed E-state index contributed by atoms with van der Waals surface area (Å²) in [5.41, 5.74) is 0.138. The van der Waals surface area contributed by atoms with Crippen LogP contribution in [0.3, 0.4) is 0 Å². The second-order valence-corrected chi connectivity index (χ2v) is 3.24. The molecule has 0 saturated carbocycles. The third-order valence-electron chi connectivity index (χ3n) is 1.93. The highest BCUT2D eigenvalue weighted by molar-refractivity contribution is 6.34. The highest BCUT2D eigenvalue weighted by Crippen LogP contribution is 2.28. The maximum Gasteiger partial charge on any atom is 0.341 e. The van der Waals surface area contributed by atoms with Crippen molar-refractivity contribution in [3.8, 4) is 11.8 Å². The molecule has 1 aromatic carbocycles. The molecule has 0 unspecified atom stereocenters. The fourth-order valence-electron chi connectivity index (χ4n) is 1.24. The predicted molar refractivity (Wildman–Crippen MR) is 58.7 cm³/mol. The number of hydrogen-bond acceptors (Lipinski definition) is 4. The lowest BCUT2D eigenvalue weighted by molar-refractivity contribution is 0.0526. The zero-order chi connectivity index (χ0) is 12.1. The molecule has 0 bridgehead atoms. The maximum absolute atomic E-state index is 11.6. The number of nitriles is 1. The van der Waals surface area contributed by atoms with Gasteiger partial charge in [0.05, 0.1) is 24.3 Å². The van der Waals surface area contributed by atoms with Crippen LogP contribution >= 0.6 is 11.6 Å². The molecule has 0 radical (unpaired) electrons. The van der Waals surface area contributed by atoms with Gasteiger partial charge >= 0.3 is 5.97 Å². The van der Waals surface area contributed by atoms with E-state index in [-0.39, 0.29) is 22.8 Å². The highest BCUT2D eigenvalue weighted by atomic mass is 35.5. The molecule has 1 aromatic rings. The lowest BCUT2D eigenvalue weighted by Crippen LogP contribution is -2.08. The first-order valence-electron chi connectivity index (χ1n) is 4.59. The molecule has 0 spiro atoms. The Hall–Kier alpha value is -1.73. The Bertz CT molecular complexity index is 451. The summed E-state index contributed by atoms with van der Waals surface area (Å²) in [7, 11) is 1.42. The minimum absolute atomic E-state index is 0.0466. The van der Waals surface area contributed by atoms with Gasteiger partial charge in [0.1, 0.15) is 17.4 Å². The fraction of sp³-hybridized carbons (Fsp3) is 0.273. The van der Waals surface area contributed by atoms with E-state index in [9.17, 15) is 4.79 Å². The number of nitrogens with zero attached hydrogens (tertiary/aromatic N) is 1. The first-order chi connectivity index (χ1) is 7.65. The van der Waals surface area contributed by atoms with E-state index in [0.29, 0.717) is 5.75 Å². The number of hydrogen-bond donors (Lipinski definition) is 0. The van der Waals surface area contributed by atoms with Crippen LogP contribution in [0.1, 0.15) is 22.8 Å². The number of ether oxygens (including phenoxy) is 2. The first kappa shape index (κ1) is 12.3. The van der Waals surface area contributed by atoms with Crippen molar-refractivity contribution < 1.29 is 14.3 Å². The molecule has 0 amide bonds. The Morgan fingerprint density at radius 3 is 2.75 bits per heavy atom. The average molecular weight is 240 g/mol. The SMILES string of the molecule is CCOC(=O)c1c(Cl)ccc(OC)c1C#N. The summed E-state index contributed by atoms with van der Waals surface area (Å²) in [6, 6.07) is 4.91. The van der Waals surface area contributed by atoms with Crippen LogP contribution in [0.4, 0.5) is 0 Å². The van der Waals surface area contributed by atoms with Crippen molar-refractivity contribution in [1.82, 2.24) is 0 Å². The summed E-state index contributed by atoms with van der Waals surface area (Å²) in [5.74, 6) is -0.321. The molecule has 0 aromatic heterocycles. The molecule has 5 heteroatoms. The average Bonchev–Trinajstić information content (AvgIpc) is 2.28. The van der Waals surface area contributed by atoms with Gasteiger partial charge in [-0.2, -0.15) is 5.26 Å². The molecule has 1 rings (SSSR count). The van der Waals surface area contributed by atoms with Crippen molar-refractivity contribution in [3.63, 3.8) is 0 Å². The van der Waals surface area contributed by atoms with Crippen LogP contribution in [0.25, 0.3) is 0 Å². The van der Waals surface area contributed by atoms with E-state index >= 15 is 0 Å². The summed E-state index contributed by atoms with van der Waals surface area (Å²) in [5, 5.41) is 9.15. The summed E-state index contributed by atoms with van der Waals surface area (Å²) >= 11 is 5.86. The number of carbonyl (C=O) groups excluding carboxylic acids is 1. The van der Waals surface area contributed by atoms with Crippen LogP contribution in [0.15, 0.2) is 12.1 Å². The summed E-state index contributed by atoms with van der Waals surface area (Å²) in [6.07, 6.45) is 0. The predicted octanol–water partition coefficient (Wildman–Crippen LogP) is 2.40. The van der Waals surface area contributed by atoms with E-state index in [1.54, 1.807) is 6.92 Å². The fourth-order valence-corrected chi connectivity index (χ4v) is 1.48. The van der Waals surface area contributed by atoms with Crippen molar-refractivity contribution in [2.24, 2.45) is 0 Å². The second-order valence-electron chi connectivity index (χ2n) is 2.83. The molecule has 4 nitrogen and oxygen atoms in total. The van der Waals surface area contributed by atoms with Crippen molar-refractivity contribution in [1.29, 1.82) is 5.26 Å². The van der Waals surface area contributed by atoms with Crippen LogP contribution < -0.4 is 4.74 Å². The van der Waals surface area contributed by atoms with Crippen molar-refractivity contribution in [3.05, 3.63) is 28.3 Å². The van der Waals surface area contributed by atoms with Crippen LogP contribution in [-0.2, 0) is 4.74 Å². The number of rotatable bonds is 3. The minimum Gasteiger partial charge on any atom is -0.495 e. The molecule has 16 heavy (non-hydrogen) atoms. The van der Waals surface area contributed by atoms with Crippen LogP contribution in [-0.4, -0.2) is 19.7 Å². The standard InChI is InChI=1S/C11H10ClNO3/c1-3-16-11(14)10-7(6-13)9(15-2)5-4-8(10)12/h4-5H,3H2,1-2H3. The third-order valence-corrected chi connectivity index (χ3v) is 2.24. The zero-order valence-corrected chi connectivity index (χ0v) is 9.67.